The first-order chi connectivity index (χ1) is 9.96. The third-order valence-electron chi connectivity index (χ3n) is 3.68. The molecule has 2 rings (SSSR count). The van der Waals surface area contributed by atoms with Crippen LogP contribution in [-0.2, 0) is 16.6 Å². The van der Waals surface area contributed by atoms with Crippen molar-refractivity contribution in [2.24, 2.45) is 0 Å². The maximum Gasteiger partial charge on any atom is 0.245 e. The average molecular weight is 397 g/mol. The Balaban J connectivity index is 2.05. The fourth-order valence-electron chi connectivity index (χ4n) is 2.54. The molecule has 120 valence electrons. The van der Waals surface area contributed by atoms with Crippen LogP contribution < -0.4 is 10.0 Å². The van der Waals surface area contributed by atoms with Crippen LogP contribution in [0.4, 0.5) is 0 Å². The lowest BCUT2D eigenvalue weighted by atomic mass is 9.96. The molecule has 5 nitrogen and oxygen atoms in total. The van der Waals surface area contributed by atoms with Gasteiger partial charge in [-0.3, -0.25) is 0 Å². The molecule has 1 fully saturated rings. The minimum atomic E-state index is -3.54. The second-order valence-electron chi connectivity index (χ2n) is 5.21. The second kappa shape index (κ2) is 7.50. The molecule has 0 amide bonds. The van der Waals surface area contributed by atoms with E-state index in [9.17, 15) is 8.42 Å². The molecule has 1 aliphatic carbocycles. The summed E-state index contributed by atoms with van der Waals surface area (Å²) in [7, 11) is -1.75. The van der Waals surface area contributed by atoms with E-state index in [0.717, 1.165) is 25.7 Å². The number of hydrogen-bond donors (Lipinski definition) is 2. The quantitative estimate of drug-likeness (QED) is 0.773. The van der Waals surface area contributed by atoms with Crippen molar-refractivity contribution in [3.05, 3.63) is 16.5 Å². The highest BCUT2D eigenvalue weighted by atomic mass is 79.9. The van der Waals surface area contributed by atoms with Gasteiger partial charge in [-0.2, -0.15) is 11.8 Å². The number of furan rings is 1. The van der Waals surface area contributed by atoms with Gasteiger partial charge < -0.3 is 9.73 Å². The van der Waals surface area contributed by atoms with Gasteiger partial charge in [-0.15, -0.1) is 0 Å². The largest absolute Gasteiger partial charge is 0.452 e. The Kier molecular flexibility index (Phi) is 6.19. The molecular weight excluding hydrogens is 376 g/mol. The van der Waals surface area contributed by atoms with Gasteiger partial charge in [0.25, 0.3) is 0 Å². The monoisotopic (exact) mass is 396 g/mol. The lowest BCUT2D eigenvalue weighted by Crippen LogP contribution is -2.38. The molecule has 1 aliphatic rings. The summed E-state index contributed by atoms with van der Waals surface area (Å²) in [6.45, 7) is 0.493. The van der Waals surface area contributed by atoms with Crippen molar-refractivity contribution in [2.75, 3.05) is 13.3 Å². The van der Waals surface area contributed by atoms with E-state index in [1.54, 1.807) is 13.1 Å². The van der Waals surface area contributed by atoms with Gasteiger partial charge in [0.1, 0.15) is 10.7 Å². The van der Waals surface area contributed by atoms with Crippen LogP contribution >= 0.6 is 27.7 Å². The number of halogens is 1. The van der Waals surface area contributed by atoms with Gasteiger partial charge >= 0.3 is 0 Å². The molecule has 0 saturated heterocycles. The van der Waals surface area contributed by atoms with Crippen molar-refractivity contribution in [3.8, 4) is 0 Å². The molecule has 8 heteroatoms. The molecule has 0 aliphatic heterocycles. The predicted octanol–water partition coefficient (Wildman–Crippen LogP) is 2.71. The summed E-state index contributed by atoms with van der Waals surface area (Å²) in [5.74, 6) is 0.593. The van der Waals surface area contributed by atoms with Crippen molar-refractivity contribution in [1.82, 2.24) is 10.0 Å². The van der Waals surface area contributed by atoms with E-state index in [-0.39, 0.29) is 15.6 Å². The number of sulfonamides is 1. The maximum atomic E-state index is 12.5. The molecule has 0 spiro atoms. The first kappa shape index (κ1) is 17.3. The van der Waals surface area contributed by atoms with Crippen LogP contribution in [0.5, 0.6) is 0 Å². The standard InChI is InChI=1S/C13H21BrN2O3S2/c1-15-8-10-7-12(13(14)19-10)21(17,18)16-9-3-5-11(20-2)6-4-9/h7,9,11,15-16H,3-6,8H2,1-2H3. The van der Waals surface area contributed by atoms with Crippen molar-refractivity contribution < 1.29 is 12.8 Å². The van der Waals surface area contributed by atoms with Gasteiger partial charge in [-0.05, 0) is 54.9 Å². The Morgan fingerprint density at radius 2 is 2.05 bits per heavy atom. The summed E-state index contributed by atoms with van der Waals surface area (Å²) in [6, 6.07) is 1.59. The number of nitrogens with one attached hydrogen (secondary N) is 2. The fourth-order valence-corrected chi connectivity index (χ4v) is 5.59. The van der Waals surface area contributed by atoms with Crippen LogP contribution in [0, 0.1) is 0 Å². The van der Waals surface area contributed by atoms with Crippen molar-refractivity contribution in [3.63, 3.8) is 0 Å². The molecule has 21 heavy (non-hydrogen) atoms. The highest BCUT2D eigenvalue weighted by molar-refractivity contribution is 9.10. The molecule has 1 aromatic rings. The Hall–Kier alpha value is -0.0200. The van der Waals surface area contributed by atoms with E-state index < -0.39 is 10.0 Å². The SMILES string of the molecule is CNCc1cc(S(=O)(=O)NC2CCC(SC)CC2)c(Br)o1. The number of rotatable bonds is 6. The van der Waals surface area contributed by atoms with Gasteiger partial charge in [0, 0.05) is 17.4 Å². The van der Waals surface area contributed by atoms with Gasteiger partial charge in [0.2, 0.25) is 10.0 Å². The van der Waals surface area contributed by atoms with Crippen LogP contribution in [0.25, 0.3) is 0 Å². The Labute approximate surface area is 138 Å². The van der Waals surface area contributed by atoms with E-state index in [0.29, 0.717) is 17.6 Å². The summed E-state index contributed by atoms with van der Waals surface area (Å²) in [4.78, 5) is 0.180. The van der Waals surface area contributed by atoms with E-state index in [1.807, 2.05) is 11.8 Å². The molecule has 1 heterocycles. The Morgan fingerprint density at radius 3 is 2.62 bits per heavy atom. The van der Waals surface area contributed by atoms with Gasteiger partial charge in [-0.1, -0.05) is 0 Å². The topological polar surface area (TPSA) is 71.3 Å². The molecule has 0 atom stereocenters. The molecule has 0 aromatic carbocycles. The Morgan fingerprint density at radius 1 is 1.38 bits per heavy atom. The molecule has 0 unspecified atom stereocenters. The summed E-state index contributed by atoms with van der Waals surface area (Å²) >= 11 is 5.06. The third kappa shape index (κ3) is 4.48. The second-order valence-corrected chi connectivity index (χ2v) is 8.75. The summed E-state index contributed by atoms with van der Waals surface area (Å²) in [5.41, 5.74) is 0. The molecule has 1 aromatic heterocycles. The van der Waals surface area contributed by atoms with Crippen LogP contribution in [-0.4, -0.2) is 33.0 Å². The normalized spacial score (nSPS) is 23.4. The average Bonchev–Trinajstić information content (AvgIpc) is 2.81. The van der Waals surface area contributed by atoms with Gasteiger partial charge in [0.15, 0.2) is 4.67 Å². The van der Waals surface area contributed by atoms with E-state index in [1.165, 1.54) is 0 Å². The van der Waals surface area contributed by atoms with Gasteiger partial charge in [-0.25, -0.2) is 13.1 Å². The summed E-state index contributed by atoms with van der Waals surface area (Å²) in [6.07, 6.45) is 6.02. The van der Waals surface area contributed by atoms with E-state index >= 15 is 0 Å². The Bertz CT molecular complexity index is 566. The van der Waals surface area contributed by atoms with Crippen LogP contribution in [0.1, 0.15) is 31.4 Å². The van der Waals surface area contributed by atoms with Crippen LogP contribution in [0.15, 0.2) is 20.0 Å². The lowest BCUT2D eigenvalue weighted by molar-refractivity contribution is 0.419. The zero-order valence-electron chi connectivity index (χ0n) is 12.2. The number of thioether (sulfide) groups is 1. The van der Waals surface area contributed by atoms with Crippen LogP contribution in [0.2, 0.25) is 0 Å². The van der Waals surface area contributed by atoms with E-state index in [4.69, 9.17) is 4.42 Å². The molecule has 0 bridgehead atoms. The van der Waals surface area contributed by atoms with Crippen molar-refractivity contribution in [2.45, 2.75) is 48.4 Å². The molecule has 2 N–H and O–H groups in total. The third-order valence-corrected chi connectivity index (χ3v) is 7.19. The highest BCUT2D eigenvalue weighted by Gasteiger charge is 2.28. The minimum Gasteiger partial charge on any atom is -0.452 e. The van der Waals surface area contributed by atoms with Crippen molar-refractivity contribution in [1.29, 1.82) is 0 Å². The summed E-state index contributed by atoms with van der Waals surface area (Å²) in [5, 5.41) is 3.60. The minimum absolute atomic E-state index is 0.0213. The predicted molar refractivity (Wildman–Crippen MR) is 89.1 cm³/mol. The highest BCUT2D eigenvalue weighted by Crippen LogP contribution is 2.30. The maximum absolute atomic E-state index is 12.5. The number of hydrogen-bond acceptors (Lipinski definition) is 5. The first-order valence-corrected chi connectivity index (χ1v) is 10.5. The molecule has 0 radical (unpaired) electrons. The zero-order chi connectivity index (χ0) is 15.5. The lowest BCUT2D eigenvalue weighted by Gasteiger charge is -2.27. The smallest absolute Gasteiger partial charge is 0.245 e. The summed E-state index contributed by atoms with van der Waals surface area (Å²) < 4.78 is 33.4. The van der Waals surface area contributed by atoms with Crippen LogP contribution in [0.3, 0.4) is 0 Å². The molecule has 1 saturated carbocycles. The van der Waals surface area contributed by atoms with Crippen molar-refractivity contribution >= 4 is 37.7 Å². The fraction of sp³-hybridized carbons (Fsp3) is 0.692. The zero-order valence-corrected chi connectivity index (χ0v) is 15.4. The van der Waals surface area contributed by atoms with E-state index in [2.05, 4.69) is 32.2 Å². The van der Waals surface area contributed by atoms with Gasteiger partial charge in [0.05, 0.1) is 6.54 Å². The first-order valence-electron chi connectivity index (χ1n) is 6.94. The molecular formula is C13H21BrN2O3S2.